The van der Waals surface area contributed by atoms with Crippen LogP contribution in [0.4, 0.5) is 0 Å². The van der Waals surface area contributed by atoms with E-state index in [2.05, 4.69) is 22.1 Å². The van der Waals surface area contributed by atoms with Crippen molar-refractivity contribution in [2.24, 2.45) is 0 Å². The first kappa shape index (κ1) is 15.3. The SMILES string of the molecule is Cc1cc(C(=O)N(CCO)C2CC2)c(C)n1Cc1cccs1. The fourth-order valence-electron chi connectivity index (χ4n) is 2.92. The molecular weight excluding hydrogens is 296 g/mol. The largest absolute Gasteiger partial charge is 0.395 e. The summed E-state index contributed by atoms with van der Waals surface area (Å²) in [5, 5.41) is 11.3. The fourth-order valence-corrected chi connectivity index (χ4v) is 3.61. The van der Waals surface area contributed by atoms with Crippen LogP contribution in [-0.2, 0) is 6.54 Å². The summed E-state index contributed by atoms with van der Waals surface area (Å²) in [4.78, 5) is 15.9. The number of hydrogen-bond donors (Lipinski definition) is 1. The molecule has 0 bridgehead atoms. The minimum absolute atomic E-state index is 0.0240. The van der Waals surface area contributed by atoms with Crippen molar-refractivity contribution in [1.82, 2.24) is 9.47 Å². The van der Waals surface area contributed by atoms with Gasteiger partial charge in [-0.25, -0.2) is 0 Å². The summed E-state index contributed by atoms with van der Waals surface area (Å²) in [5.74, 6) is 0.0575. The number of hydrogen-bond acceptors (Lipinski definition) is 3. The summed E-state index contributed by atoms with van der Waals surface area (Å²) in [6, 6.07) is 6.47. The number of aryl methyl sites for hydroxylation is 1. The molecule has 5 heteroatoms. The van der Waals surface area contributed by atoms with Crippen molar-refractivity contribution in [3.63, 3.8) is 0 Å². The average Bonchev–Trinajstić information content (AvgIpc) is 3.14. The molecule has 1 saturated carbocycles. The molecule has 2 aromatic rings. The van der Waals surface area contributed by atoms with E-state index in [1.807, 2.05) is 24.8 Å². The van der Waals surface area contributed by atoms with E-state index in [0.717, 1.165) is 36.3 Å². The van der Waals surface area contributed by atoms with Crippen molar-refractivity contribution in [3.05, 3.63) is 45.4 Å². The van der Waals surface area contributed by atoms with E-state index in [1.54, 1.807) is 11.3 Å². The highest BCUT2D eigenvalue weighted by Gasteiger charge is 2.33. The normalized spacial score (nSPS) is 14.3. The Morgan fingerprint density at radius 3 is 2.82 bits per heavy atom. The van der Waals surface area contributed by atoms with Crippen LogP contribution in [0.5, 0.6) is 0 Å². The monoisotopic (exact) mass is 318 g/mol. The van der Waals surface area contributed by atoms with E-state index in [9.17, 15) is 9.90 Å². The zero-order chi connectivity index (χ0) is 15.7. The smallest absolute Gasteiger partial charge is 0.256 e. The van der Waals surface area contributed by atoms with Crippen molar-refractivity contribution in [3.8, 4) is 0 Å². The third-order valence-electron chi connectivity index (χ3n) is 4.29. The van der Waals surface area contributed by atoms with Gasteiger partial charge in [0.2, 0.25) is 0 Å². The maximum atomic E-state index is 12.8. The number of nitrogens with zero attached hydrogens (tertiary/aromatic N) is 2. The van der Waals surface area contributed by atoms with E-state index in [-0.39, 0.29) is 12.5 Å². The van der Waals surface area contributed by atoms with Crippen molar-refractivity contribution >= 4 is 17.2 Å². The molecular formula is C17H22N2O2S. The second-order valence-electron chi connectivity index (χ2n) is 5.90. The van der Waals surface area contributed by atoms with Gasteiger partial charge in [0, 0.05) is 28.9 Å². The molecule has 2 aromatic heterocycles. The molecule has 4 nitrogen and oxygen atoms in total. The second-order valence-corrected chi connectivity index (χ2v) is 6.94. The molecule has 1 N–H and O–H groups in total. The Labute approximate surface area is 135 Å². The maximum Gasteiger partial charge on any atom is 0.256 e. The summed E-state index contributed by atoms with van der Waals surface area (Å²) in [6.45, 7) is 5.32. The third kappa shape index (κ3) is 2.96. The Bertz CT molecular complexity index is 657. The Morgan fingerprint density at radius 1 is 1.45 bits per heavy atom. The van der Waals surface area contributed by atoms with Crippen LogP contribution in [0.3, 0.4) is 0 Å². The van der Waals surface area contributed by atoms with Gasteiger partial charge < -0.3 is 14.6 Å². The number of carbonyl (C=O) groups is 1. The molecule has 0 spiro atoms. The predicted molar refractivity (Wildman–Crippen MR) is 88.5 cm³/mol. The summed E-state index contributed by atoms with van der Waals surface area (Å²) >= 11 is 1.73. The van der Waals surface area contributed by atoms with Gasteiger partial charge in [-0.15, -0.1) is 11.3 Å². The van der Waals surface area contributed by atoms with Crippen LogP contribution in [-0.4, -0.2) is 39.7 Å². The number of carbonyl (C=O) groups excluding carboxylic acids is 1. The Hall–Kier alpha value is -1.59. The topological polar surface area (TPSA) is 45.5 Å². The van der Waals surface area contributed by atoms with Crippen molar-refractivity contribution in [1.29, 1.82) is 0 Å². The predicted octanol–water partition coefficient (Wildman–Crippen LogP) is 2.81. The van der Waals surface area contributed by atoms with E-state index in [1.165, 1.54) is 4.88 Å². The third-order valence-corrected chi connectivity index (χ3v) is 5.15. The van der Waals surface area contributed by atoms with E-state index in [4.69, 9.17) is 0 Å². The van der Waals surface area contributed by atoms with E-state index >= 15 is 0 Å². The fraction of sp³-hybridized carbons (Fsp3) is 0.471. The lowest BCUT2D eigenvalue weighted by atomic mass is 10.2. The van der Waals surface area contributed by atoms with E-state index < -0.39 is 0 Å². The Morgan fingerprint density at radius 2 is 2.23 bits per heavy atom. The van der Waals surface area contributed by atoms with Gasteiger partial charge in [-0.3, -0.25) is 4.79 Å². The quantitative estimate of drug-likeness (QED) is 0.890. The number of thiophene rings is 1. The molecule has 0 unspecified atom stereocenters. The van der Waals surface area contributed by atoms with Crippen molar-refractivity contribution < 1.29 is 9.90 Å². The van der Waals surface area contributed by atoms with Crippen LogP contribution >= 0.6 is 11.3 Å². The molecule has 1 aliphatic carbocycles. The van der Waals surface area contributed by atoms with Crippen molar-refractivity contribution in [2.45, 2.75) is 39.3 Å². The minimum atomic E-state index is 0.0240. The van der Waals surface area contributed by atoms with Crippen LogP contribution < -0.4 is 0 Å². The standard InChI is InChI=1S/C17H22N2O2S/c1-12-10-16(17(21)18(7-8-20)14-5-6-14)13(2)19(12)11-15-4-3-9-22-15/h3-4,9-10,14,20H,5-8,11H2,1-2H3. The van der Waals surface area contributed by atoms with Gasteiger partial charge in [-0.05, 0) is 44.2 Å². The van der Waals surface area contributed by atoms with Crippen LogP contribution in [0.15, 0.2) is 23.6 Å². The highest BCUT2D eigenvalue weighted by atomic mass is 32.1. The summed E-state index contributed by atoms with van der Waals surface area (Å²) in [5.41, 5.74) is 2.89. The molecule has 0 aliphatic heterocycles. The highest BCUT2D eigenvalue weighted by Crippen LogP contribution is 2.29. The van der Waals surface area contributed by atoms with Gasteiger partial charge >= 0.3 is 0 Å². The summed E-state index contributed by atoms with van der Waals surface area (Å²) < 4.78 is 2.20. The van der Waals surface area contributed by atoms with Gasteiger partial charge in [0.05, 0.1) is 18.7 Å². The zero-order valence-electron chi connectivity index (χ0n) is 13.1. The first-order valence-electron chi connectivity index (χ1n) is 7.72. The summed E-state index contributed by atoms with van der Waals surface area (Å²) in [7, 11) is 0. The lowest BCUT2D eigenvalue weighted by Gasteiger charge is -2.21. The van der Waals surface area contributed by atoms with Crippen LogP contribution in [0.1, 0.15) is 39.5 Å². The van der Waals surface area contributed by atoms with Gasteiger partial charge in [-0.2, -0.15) is 0 Å². The van der Waals surface area contributed by atoms with Crippen LogP contribution in [0.2, 0.25) is 0 Å². The van der Waals surface area contributed by atoms with Crippen LogP contribution in [0.25, 0.3) is 0 Å². The molecule has 0 radical (unpaired) electrons. The molecule has 1 amide bonds. The lowest BCUT2D eigenvalue weighted by Crippen LogP contribution is -2.35. The van der Waals surface area contributed by atoms with Gasteiger partial charge in [0.15, 0.2) is 0 Å². The summed E-state index contributed by atoms with van der Waals surface area (Å²) in [6.07, 6.45) is 2.11. The zero-order valence-corrected chi connectivity index (χ0v) is 13.9. The van der Waals surface area contributed by atoms with E-state index in [0.29, 0.717) is 12.6 Å². The first-order chi connectivity index (χ1) is 10.6. The first-order valence-corrected chi connectivity index (χ1v) is 8.60. The number of amides is 1. The molecule has 22 heavy (non-hydrogen) atoms. The molecule has 0 aromatic carbocycles. The molecule has 0 atom stereocenters. The number of rotatable bonds is 6. The number of aliphatic hydroxyl groups is 1. The number of aromatic nitrogens is 1. The Balaban J connectivity index is 1.86. The second kappa shape index (κ2) is 6.26. The van der Waals surface area contributed by atoms with Crippen molar-refractivity contribution in [2.75, 3.05) is 13.2 Å². The average molecular weight is 318 g/mol. The van der Waals surface area contributed by atoms with Gasteiger partial charge in [-0.1, -0.05) is 6.07 Å². The number of aliphatic hydroxyl groups excluding tert-OH is 1. The highest BCUT2D eigenvalue weighted by molar-refractivity contribution is 7.09. The van der Waals surface area contributed by atoms with Crippen LogP contribution in [0, 0.1) is 13.8 Å². The van der Waals surface area contributed by atoms with Gasteiger partial charge in [0.1, 0.15) is 0 Å². The minimum Gasteiger partial charge on any atom is -0.395 e. The molecule has 0 saturated heterocycles. The molecule has 3 rings (SSSR count). The lowest BCUT2D eigenvalue weighted by molar-refractivity contribution is 0.0707. The molecule has 1 aliphatic rings. The molecule has 2 heterocycles. The Kier molecular flexibility index (Phi) is 4.36. The van der Waals surface area contributed by atoms with Gasteiger partial charge in [0.25, 0.3) is 5.91 Å². The molecule has 1 fully saturated rings. The molecule has 118 valence electrons. The maximum absolute atomic E-state index is 12.8.